The number of aromatic nitrogens is 2. The SMILES string of the molecule is C=C/C=C\C(=C/C)c1cn(C(/C=C\C=C)=C/C)c(=S)[nH]1. The van der Waals surface area contributed by atoms with Crippen molar-refractivity contribution < 1.29 is 0 Å². The van der Waals surface area contributed by atoms with Crippen LogP contribution in [0.25, 0.3) is 11.3 Å². The molecule has 20 heavy (non-hydrogen) atoms. The summed E-state index contributed by atoms with van der Waals surface area (Å²) in [4.78, 5) is 3.22. The maximum atomic E-state index is 5.38. The molecule has 0 atom stereocenters. The molecule has 0 fully saturated rings. The summed E-state index contributed by atoms with van der Waals surface area (Å²) < 4.78 is 2.60. The molecule has 1 rings (SSSR count). The highest BCUT2D eigenvalue weighted by molar-refractivity contribution is 7.71. The summed E-state index contributed by atoms with van der Waals surface area (Å²) in [6.45, 7) is 11.3. The average Bonchev–Trinajstić information content (AvgIpc) is 2.83. The summed E-state index contributed by atoms with van der Waals surface area (Å²) in [6, 6.07) is 0. The minimum Gasteiger partial charge on any atom is -0.330 e. The first-order valence-electron chi connectivity index (χ1n) is 6.41. The number of H-pyrrole nitrogens is 1. The lowest BCUT2D eigenvalue weighted by Crippen LogP contribution is -1.91. The Morgan fingerprint density at radius 2 is 1.80 bits per heavy atom. The number of hydrogen-bond donors (Lipinski definition) is 1. The number of nitrogens with zero attached hydrogens (tertiary/aromatic N) is 1. The van der Waals surface area contributed by atoms with E-state index in [0.717, 1.165) is 17.0 Å². The van der Waals surface area contributed by atoms with E-state index in [1.54, 1.807) is 12.2 Å². The Balaban J connectivity index is 3.25. The fraction of sp³-hybridized carbons (Fsp3) is 0.118. The van der Waals surface area contributed by atoms with E-state index < -0.39 is 0 Å². The molecule has 0 unspecified atom stereocenters. The van der Waals surface area contributed by atoms with Gasteiger partial charge in [0.2, 0.25) is 0 Å². The van der Waals surface area contributed by atoms with Crippen LogP contribution in [0, 0.1) is 4.77 Å². The van der Waals surface area contributed by atoms with Crippen LogP contribution in [-0.4, -0.2) is 9.55 Å². The van der Waals surface area contributed by atoms with Crippen LogP contribution in [0.3, 0.4) is 0 Å². The minimum atomic E-state index is 0.660. The smallest absolute Gasteiger partial charge is 0.182 e. The predicted molar refractivity (Wildman–Crippen MR) is 91.9 cm³/mol. The molecule has 0 aliphatic heterocycles. The third-order valence-electron chi connectivity index (χ3n) is 2.73. The van der Waals surface area contributed by atoms with Crippen molar-refractivity contribution in [1.82, 2.24) is 9.55 Å². The first-order chi connectivity index (χ1) is 9.67. The van der Waals surface area contributed by atoms with Crippen LogP contribution in [0.15, 0.2) is 68.0 Å². The molecular formula is C17H20N2S. The van der Waals surface area contributed by atoms with E-state index in [1.807, 2.05) is 61.1 Å². The Morgan fingerprint density at radius 3 is 2.35 bits per heavy atom. The number of hydrogen-bond acceptors (Lipinski definition) is 1. The van der Waals surface area contributed by atoms with Crippen molar-refractivity contribution in [2.45, 2.75) is 13.8 Å². The zero-order valence-corrected chi connectivity index (χ0v) is 12.8. The molecule has 0 aromatic carbocycles. The third-order valence-corrected chi connectivity index (χ3v) is 3.03. The predicted octanol–water partition coefficient (Wildman–Crippen LogP) is 5.29. The maximum Gasteiger partial charge on any atom is 0.182 e. The summed E-state index contributed by atoms with van der Waals surface area (Å²) in [5, 5.41) is 0. The first kappa shape index (κ1) is 15.9. The van der Waals surface area contributed by atoms with E-state index in [0.29, 0.717) is 4.77 Å². The van der Waals surface area contributed by atoms with Gasteiger partial charge in [0, 0.05) is 11.9 Å². The van der Waals surface area contributed by atoms with Gasteiger partial charge in [0.1, 0.15) is 0 Å². The first-order valence-corrected chi connectivity index (χ1v) is 6.82. The normalized spacial score (nSPS) is 13.3. The topological polar surface area (TPSA) is 20.7 Å². The van der Waals surface area contributed by atoms with Crippen LogP contribution >= 0.6 is 12.2 Å². The second kappa shape index (κ2) is 8.12. The highest BCUT2D eigenvalue weighted by Gasteiger charge is 2.04. The summed E-state index contributed by atoms with van der Waals surface area (Å²) >= 11 is 5.38. The van der Waals surface area contributed by atoms with E-state index in [9.17, 15) is 0 Å². The van der Waals surface area contributed by atoms with Crippen molar-refractivity contribution in [3.8, 4) is 0 Å². The molecular weight excluding hydrogens is 264 g/mol. The van der Waals surface area contributed by atoms with Crippen LogP contribution in [0.4, 0.5) is 0 Å². The number of rotatable bonds is 6. The van der Waals surface area contributed by atoms with Crippen LogP contribution in [0.5, 0.6) is 0 Å². The van der Waals surface area contributed by atoms with E-state index in [2.05, 4.69) is 18.1 Å². The average molecular weight is 284 g/mol. The molecule has 0 aliphatic rings. The highest BCUT2D eigenvalue weighted by atomic mass is 32.1. The lowest BCUT2D eigenvalue weighted by Gasteiger charge is -2.01. The molecule has 1 heterocycles. The van der Waals surface area contributed by atoms with Gasteiger partial charge in [-0.05, 0) is 37.7 Å². The fourth-order valence-corrected chi connectivity index (χ4v) is 2.00. The van der Waals surface area contributed by atoms with E-state index in [1.165, 1.54) is 0 Å². The van der Waals surface area contributed by atoms with Crippen molar-refractivity contribution in [2.75, 3.05) is 0 Å². The lowest BCUT2D eigenvalue weighted by molar-refractivity contribution is 1.07. The van der Waals surface area contributed by atoms with E-state index in [4.69, 9.17) is 12.2 Å². The quantitative estimate of drug-likeness (QED) is 0.555. The molecule has 0 radical (unpaired) electrons. The van der Waals surface area contributed by atoms with Crippen molar-refractivity contribution in [3.63, 3.8) is 0 Å². The Labute approximate surface area is 125 Å². The third kappa shape index (κ3) is 3.93. The molecule has 0 saturated carbocycles. The van der Waals surface area contributed by atoms with Crippen LogP contribution < -0.4 is 0 Å². The summed E-state index contributed by atoms with van der Waals surface area (Å²) in [5.41, 5.74) is 3.04. The van der Waals surface area contributed by atoms with Gasteiger partial charge in [-0.3, -0.25) is 4.57 Å². The molecule has 1 N–H and O–H groups in total. The molecule has 2 nitrogen and oxygen atoms in total. The minimum absolute atomic E-state index is 0.660. The van der Waals surface area contributed by atoms with Gasteiger partial charge in [-0.25, -0.2) is 0 Å². The molecule has 0 bridgehead atoms. The molecule has 0 spiro atoms. The van der Waals surface area contributed by atoms with Gasteiger partial charge in [-0.15, -0.1) is 0 Å². The zero-order valence-electron chi connectivity index (χ0n) is 12.0. The largest absolute Gasteiger partial charge is 0.330 e. The van der Waals surface area contributed by atoms with Gasteiger partial charge >= 0.3 is 0 Å². The van der Waals surface area contributed by atoms with Crippen LogP contribution in [0.2, 0.25) is 0 Å². The van der Waals surface area contributed by atoms with Crippen LogP contribution in [0.1, 0.15) is 19.5 Å². The fourth-order valence-electron chi connectivity index (χ4n) is 1.73. The van der Waals surface area contributed by atoms with Crippen LogP contribution in [-0.2, 0) is 0 Å². The van der Waals surface area contributed by atoms with Gasteiger partial charge < -0.3 is 4.98 Å². The molecule has 0 amide bonds. The summed E-state index contributed by atoms with van der Waals surface area (Å²) in [6.07, 6.45) is 17.3. The van der Waals surface area contributed by atoms with Crippen molar-refractivity contribution >= 4 is 23.5 Å². The summed E-state index contributed by atoms with van der Waals surface area (Å²) in [7, 11) is 0. The Hall–Kier alpha value is -2.13. The number of allylic oxidation sites excluding steroid dienone is 10. The Morgan fingerprint density at radius 1 is 1.15 bits per heavy atom. The van der Waals surface area contributed by atoms with Crippen molar-refractivity contribution in [2.24, 2.45) is 0 Å². The second-order valence-electron chi connectivity index (χ2n) is 3.99. The monoisotopic (exact) mass is 284 g/mol. The lowest BCUT2D eigenvalue weighted by atomic mass is 10.2. The van der Waals surface area contributed by atoms with E-state index >= 15 is 0 Å². The molecule has 3 heteroatoms. The van der Waals surface area contributed by atoms with Crippen molar-refractivity contribution in [1.29, 1.82) is 0 Å². The second-order valence-corrected chi connectivity index (χ2v) is 4.38. The zero-order chi connectivity index (χ0) is 15.0. The Kier molecular flexibility index (Phi) is 6.47. The molecule has 0 aliphatic carbocycles. The van der Waals surface area contributed by atoms with Gasteiger partial charge in [-0.2, -0.15) is 0 Å². The molecule has 0 saturated heterocycles. The molecule has 104 valence electrons. The standard InChI is InChI=1S/C17H20N2S/c1-5-9-11-14(7-3)16-13-19(17(20)18-16)15(8-4)12-10-6-2/h5-13H,1-2H2,3-4H3,(H,18,20)/b11-9-,12-10-,14-7+,15-8+. The summed E-state index contributed by atoms with van der Waals surface area (Å²) in [5.74, 6) is 0. The van der Waals surface area contributed by atoms with E-state index in [-0.39, 0.29) is 0 Å². The number of nitrogens with one attached hydrogen (secondary N) is 1. The molecule has 1 aromatic heterocycles. The van der Waals surface area contributed by atoms with Gasteiger partial charge in [0.25, 0.3) is 0 Å². The number of aromatic amines is 1. The van der Waals surface area contributed by atoms with Gasteiger partial charge in [0.15, 0.2) is 4.77 Å². The highest BCUT2D eigenvalue weighted by Crippen LogP contribution is 2.17. The van der Waals surface area contributed by atoms with Gasteiger partial charge in [-0.1, -0.05) is 55.7 Å². The maximum absolute atomic E-state index is 5.38. The molecule has 1 aromatic rings. The van der Waals surface area contributed by atoms with Gasteiger partial charge in [0.05, 0.1) is 5.69 Å². The van der Waals surface area contributed by atoms with Crippen molar-refractivity contribution in [3.05, 3.63) is 78.4 Å². The number of imidazole rings is 1. The Bertz CT molecular complexity index is 649.